The van der Waals surface area contributed by atoms with Crippen LogP contribution >= 0.6 is 23.2 Å². The van der Waals surface area contributed by atoms with E-state index in [0.29, 0.717) is 16.0 Å². The van der Waals surface area contributed by atoms with Gasteiger partial charge in [-0.3, -0.25) is 0 Å². The number of hydrogen-bond acceptors (Lipinski definition) is 1. The average Bonchev–Trinajstić information content (AvgIpc) is 2.49. The number of hydrogen-bond donors (Lipinski definition) is 1. The number of aliphatic hydroxyl groups excluding tert-OH is 1. The van der Waals surface area contributed by atoms with Gasteiger partial charge >= 0.3 is 0 Å². The zero-order chi connectivity index (χ0) is 15.5. The second kappa shape index (κ2) is 7.35. The number of rotatable bonds is 5. The second-order valence-corrected chi connectivity index (χ2v) is 7.22. The van der Waals surface area contributed by atoms with Gasteiger partial charge < -0.3 is 5.11 Å². The number of benzene rings is 1. The molecular weight excluding hydrogens is 303 g/mol. The predicted molar refractivity (Wildman–Crippen MR) is 91.3 cm³/mol. The van der Waals surface area contributed by atoms with Gasteiger partial charge in [0.05, 0.1) is 16.1 Å². The lowest BCUT2D eigenvalue weighted by molar-refractivity contribution is 0.0668. The number of halogens is 2. The van der Waals surface area contributed by atoms with Gasteiger partial charge in [-0.05, 0) is 61.1 Å². The molecule has 1 aliphatic rings. The first-order valence-electron chi connectivity index (χ1n) is 8.17. The van der Waals surface area contributed by atoms with E-state index in [0.717, 1.165) is 25.7 Å². The molecule has 0 aromatic heterocycles. The zero-order valence-electron chi connectivity index (χ0n) is 13.0. The molecule has 1 saturated carbocycles. The van der Waals surface area contributed by atoms with Gasteiger partial charge in [0.1, 0.15) is 0 Å². The highest BCUT2D eigenvalue weighted by molar-refractivity contribution is 6.42. The monoisotopic (exact) mass is 328 g/mol. The molecule has 1 aromatic rings. The van der Waals surface area contributed by atoms with Gasteiger partial charge in [-0.2, -0.15) is 0 Å². The van der Waals surface area contributed by atoms with Gasteiger partial charge in [0.15, 0.2) is 0 Å². The van der Waals surface area contributed by atoms with Crippen molar-refractivity contribution in [3.05, 3.63) is 33.8 Å². The fraction of sp³-hybridized carbons (Fsp3) is 0.667. The third-order valence-electron chi connectivity index (χ3n) is 5.25. The minimum atomic E-state index is -0.139. The molecule has 0 bridgehead atoms. The van der Waals surface area contributed by atoms with Crippen molar-refractivity contribution in [3.8, 4) is 0 Å². The maximum atomic E-state index is 9.92. The van der Waals surface area contributed by atoms with Crippen LogP contribution in [0.2, 0.25) is 10.0 Å². The Morgan fingerprint density at radius 2 is 1.86 bits per heavy atom. The molecular formula is C18H26Cl2O. The van der Waals surface area contributed by atoms with Gasteiger partial charge in [-0.15, -0.1) is 0 Å². The summed E-state index contributed by atoms with van der Waals surface area (Å²) in [5.74, 6) is 0.646. The van der Waals surface area contributed by atoms with Crippen LogP contribution in [0.25, 0.3) is 0 Å². The van der Waals surface area contributed by atoms with Crippen LogP contribution in [-0.4, -0.2) is 11.2 Å². The van der Waals surface area contributed by atoms with Crippen LogP contribution in [0.4, 0.5) is 0 Å². The van der Waals surface area contributed by atoms with E-state index in [1.54, 1.807) is 0 Å². The Kier molecular flexibility index (Phi) is 5.99. The largest absolute Gasteiger partial charge is 0.393 e. The summed E-state index contributed by atoms with van der Waals surface area (Å²) in [6.45, 7) is 4.54. The van der Waals surface area contributed by atoms with E-state index in [2.05, 4.69) is 26.0 Å². The van der Waals surface area contributed by atoms with Gasteiger partial charge in [0, 0.05) is 0 Å². The number of aliphatic hydroxyl groups is 1. The highest BCUT2D eigenvalue weighted by atomic mass is 35.5. The molecule has 118 valence electrons. The van der Waals surface area contributed by atoms with Crippen LogP contribution in [0.15, 0.2) is 18.2 Å². The van der Waals surface area contributed by atoms with E-state index < -0.39 is 0 Å². The zero-order valence-corrected chi connectivity index (χ0v) is 14.6. The Bertz CT molecular complexity index is 464. The molecule has 0 spiro atoms. The topological polar surface area (TPSA) is 20.2 Å². The van der Waals surface area contributed by atoms with Crippen LogP contribution in [0.1, 0.15) is 64.4 Å². The third kappa shape index (κ3) is 3.57. The highest BCUT2D eigenvalue weighted by Gasteiger charge is 2.41. The molecule has 1 N–H and O–H groups in total. The van der Waals surface area contributed by atoms with Crippen molar-refractivity contribution in [1.29, 1.82) is 0 Å². The standard InChI is InChI=1S/C18H26Cl2O/c1-3-5-13(4-2)18(10-8-15(21)9-11-18)14-6-7-16(19)17(20)12-14/h6-7,12-13,15,21H,3-5,8-11H2,1-2H3/t13-,15-,18+/m1/s1. The van der Waals surface area contributed by atoms with Crippen LogP contribution in [0.3, 0.4) is 0 Å². The van der Waals surface area contributed by atoms with E-state index >= 15 is 0 Å². The molecule has 1 aliphatic carbocycles. The fourth-order valence-corrected chi connectivity index (χ4v) is 4.37. The van der Waals surface area contributed by atoms with Crippen molar-refractivity contribution in [2.75, 3.05) is 0 Å². The first kappa shape index (κ1) is 17.1. The van der Waals surface area contributed by atoms with Crippen molar-refractivity contribution in [1.82, 2.24) is 0 Å². The SMILES string of the molecule is CCC[C@@H](CC)[C@]1(c2ccc(Cl)c(Cl)c2)CC[C@@H](O)CC1. The van der Waals surface area contributed by atoms with Crippen LogP contribution < -0.4 is 0 Å². The lowest BCUT2D eigenvalue weighted by atomic mass is 9.60. The smallest absolute Gasteiger partial charge is 0.0595 e. The van der Waals surface area contributed by atoms with Crippen molar-refractivity contribution >= 4 is 23.2 Å². The molecule has 21 heavy (non-hydrogen) atoms. The summed E-state index contributed by atoms with van der Waals surface area (Å²) in [7, 11) is 0. The van der Waals surface area contributed by atoms with E-state index in [1.807, 2.05) is 6.07 Å². The maximum absolute atomic E-state index is 9.92. The molecule has 2 rings (SSSR count). The summed E-state index contributed by atoms with van der Waals surface area (Å²) in [6.07, 6.45) is 7.33. The van der Waals surface area contributed by atoms with E-state index in [9.17, 15) is 5.11 Å². The van der Waals surface area contributed by atoms with Crippen molar-refractivity contribution in [2.24, 2.45) is 5.92 Å². The minimum Gasteiger partial charge on any atom is -0.393 e. The summed E-state index contributed by atoms with van der Waals surface area (Å²) < 4.78 is 0. The Hall–Kier alpha value is -0.240. The third-order valence-corrected chi connectivity index (χ3v) is 5.99. The molecule has 0 radical (unpaired) electrons. The summed E-state index contributed by atoms with van der Waals surface area (Å²) in [5, 5.41) is 11.2. The van der Waals surface area contributed by atoms with Crippen molar-refractivity contribution < 1.29 is 5.11 Å². The van der Waals surface area contributed by atoms with E-state index in [1.165, 1.54) is 24.8 Å². The van der Waals surface area contributed by atoms with Gasteiger partial charge in [-0.25, -0.2) is 0 Å². The summed E-state index contributed by atoms with van der Waals surface area (Å²) in [6, 6.07) is 6.12. The van der Waals surface area contributed by atoms with Gasteiger partial charge in [-0.1, -0.05) is 56.0 Å². The Morgan fingerprint density at radius 3 is 2.38 bits per heavy atom. The summed E-state index contributed by atoms with van der Waals surface area (Å²) in [4.78, 5) is 0. The fourth-order valence-electron chi connectivity index (χ4n) is 4.08. The second-order valence-electron chi connectivity index (χ2n) is 6.41. The Balaban J connectivity index is 2.41. The Morgan fingerprint density at radius 1 is 1.19 bits per heavy atom. The normalized spacial score (nSPS) is 27.6. The first-order valence-corrected chi connectivity index (χ1v) is 8.92. The summed E-state index contributed by atoms with van der Waals surface area (Å²) in [5.41, 5.74) is 1.46. The maximum Gasteiger partial charge on any atom is 0.0595 e. The van der Waals surface area contributed by atoms with Crippen LogP contribution in [0, 0.1) is 5.92 Å². The van der Waals surface area contributed by atoms with Gasteiger partial charge in [0.2, 0.25) is 0 Å². The molecule has 0 saturated heterocycles. The van der Waals surface area contributed by atoms with E-state index in [-0.39, 0.29) is 11.5 Å². The Labute approximate surface area is 138 Å². The molecule has 0 amide bonds. The molecule has 3 heteroatoms. The molecule has 1 fully saturated rings. The summed E-state index contributed by atoms with van der Waals surface area (Å²) >= 11 is 12.4. The average molecular weight is 329 g/mol. The molecule has 1 aromatic carbocycles. The van der Waals surface area contributed by atoms with Crippen molar-refractivity contribution in [3.63, 3.8) is 0 Å². The lowest BCUT2D eigenvalue weighted by Crippen LogP contribution is -2.40. The van der Waals surface area contributed by atoms with Gasteiger partial charge in [0.25, 0.3) is 0 Å². The lowest BCUT2D eigenvalue weighted by Gasteiger charge is -2.45. The molecule has 0 unspecified atom stereocenters. The molecule has 1 atom stereocenters. The molecule has 0 aliphatic heterocycles. The highest BCUT2D eigenvalue weighted by Crippen LogP contribution is 2.49. The first-order chi connectivity index (χ1) is 10.0. The van der Waals surface area contributed by atoms with E-state index in [4.69, 9.17) is 23.2 Å². The van der Waals surface area contributed by atoms with Crippen molar-refractivity contribution in [2.45, 2.75) is 70.3 Å². The quantitative estimate of drug-likeness (QED) is 0.703. The molecule has 0 heterocycles. The van der Waals surface area contributed by atoms with Crippen LogP contribution in [-0.2, 0) is 5.41 Å². The predicted octanol–water partition coefficient (Wildman–Crippen LogP) is 5.99. The minimum absolute atomic E-state index is 0.139. The molecule has 1 nitrogen and oxygen atoms in total. The van der Waals surface area contributed by atoms with Crippen LogP contribution in [0.5, 0.6) is 0 Å².